The molecule has 0 aliphatic rings. The first-order valence-corrected chi connectivity index (χ1v) is 6.15. The van der Waals surface area contributed by atoms with Crippen molar-refractivity contribution in [2.45, 2.75) is 0 Å². The maximum absolute atomic E-state index is 8.79. The Labute approximate surface area is 118 Å². The summed E-state index contributed by atoms with van der Waals surface area (Å²) in [7, 11) is 0. The summed E-state index contributed by atoms with van der Waals surface area (Å²) in [5.41, 5.74) is 7.36. The minimum absolute atomic E-state index is 0.397. The van der Waals surface area contributed by atoms with Gasteiger partial charge in [-0.05, 0) is 40.2 Å². The highest BCUT2D eigenvalue weighted by atomic mass is 79.9. The monoisotopic (exact) mass is 322 g/mol. The molecule has 4 nitrogen and oxygen atoms in total. The van der Waals surface area contributed by atoms with Crippen molar-refractivity contribution in [2.24, 2.45) is 0 Å². The first kappa shape index (κ1) is 12.7. The molecule has 6 heteroatoms. The number of hydrogen-bond acceptors (Lipinski definition) is 4. The highest BCUT2D eigenvalue weighted by molar-refractivity contribution is 9.10. The van der Waals surface area contributed by atoms with Gasteiger partial charge in [-0.15, -0.1) is 0 Å². The normalized spacial score (nSPS) is 9.83. The van der Waals surface area contributed by atoms with E-state index in [1.807, 2.05) is 6.07 Å². The van der Waals surface area contributed by atoms with Gasteiger partial charge in [-0.2, -0.15) is 5.26 Å². The third-order valence-corrected chi connectivity index (χ3v) is 3.13. The molecule has 0 aliphatic heterocycles. The van der Waals surface area contributed by atoms with Crippen molar-refractivity contribution in [1.29, 1.82) is 5.26 Å². The molecule has 0 saturated heterocycles. The number of pyridine rings is 1. The molecule has 18 heavy (non-hydrogen) atoms. The summed E-state index contributed by atoms with van der Waals surface area (Å²) in [4.78, 5) is 4.15. The first-order chi connectivity index (χ1) is 8.60. The molecule has 2 aromatic rings. The van der Waals surface area contributed by atoms with E-state index in [0.29, 0.717) is 22.1 Å². The largest absolute Gasteiger partial charge is 0.397 e. The Balaban J connectivity index is 2.29. The van der Waals surface area contributed by atoms with Crippen molar-refractivity contribution >= 4 is 44.7 Å². The third kappa shape index (κ3) is 2.73. The molecule has 0 saturated carbocycles. The second-order valence-electron chi connectivity index (χ2n) is 3.53. The predicted octanol–water partition coefficient (Wildman–Crippen LogP) is 3.69. The van der Waals surface area contributed by atoms with E-state index >= 15 is 0 Å². The number of nitriles is 1. The lowest BCUT2D eigenvalue weighted by molar-refractivity contribution is 1.29. The van der Waals surface area contributed by atoms with Gasteiger partial charge in [0.15, 0.2) is 0 Å². The Morgan fingerprint density at radius 1 is 1.39 bits per heavy atom. The molecule has 0 unspecified atom stereocenters. The van der Waals surface area contributed by atoms with Crippen LogP contribution >= 0.6 is 27.5 Å². The molecule has 3 N–H and O–H groups in total. The number of nitrogens with zero attached hydrogens (tertiary/aromatic N) is 2. The van der Waals surface area contributed by atoms with Gasteiger partial charge >= 0.3 is 0 Å². The van der Waals surface area contributed by atoms with Gasteiger partial charge in [-0.3, -0.25) is 0 Å². The SMILES string of the molecule is N#Cc1ccc(Nc2ncc(N)cc2Br)cc1Cl. The van der Waals surface area contributed by atoms with E-state index in [-0.39, 0.29) is 0 Å². The predicted molar refractivity (Wildman–Crippen MR) is 75.8 cm³/mol. The minimum atomic E-state index is 0.397. The summed E-state index contributed by atoms with van der Waals surface area (Å²) < 4.78 is 0.753. The molecule has 0 amide bonds. The van der Waals surface area contributed by atoms with E-state index in [0.717, 1.165) is 10.2 Å². The maximum atomic E-state index is 8.79. The summed E-state index contributed by atoms with van der Waals surface area (Å²) in [6.45, 7) is 0. The smallest absolute Gasteiger partial charge is 0.144 e. The van der Waals surface area contributed by atoms with Crippen LogP contribution in [0.4, 0.5) is 17.2 Å². The number of hydrogen-bond donors (Lipinski definition) is 2. The standard InChI is InChI=1S/C12H8BrClN4/c13-10-3-8(16)6-17-12(10)18-9-2-1-7(5-15)11(14)4-9/h1-4,6H,16H2,(H,17,18). The summed E-state index contributed by atoms with van der Waals surface area (Å²) in [6.07, 6.45) is 1.55. The molecule has 0 atom stereocenters. The van der Waals surface area contributed by atoms with Crippen molar-refractivity contribution < 1.29 is 0 Å². The molecular weight excluding hydrogens is 316 g/mol. The van der Waals surface area contributed by atoms with Crippen molar-refractivity contribution in [3.63, 3.8) is 0 Å². The van der Waals surface area contributed by atoms with Crippen LogP contribution < -0.4 is 11.1 Å². The minimum Gasteiger partial charge on any atom is -0.397 e. The average molecular weight is 324 g/mol. The van der Waals surface area contributed by atoms with Crippen LogP contribution in [-0.2, 0) is 0 Å². The number of nitrogen functional groups attached to an aromatic ring is 1. The van der Waals surface area contributed by atoms with Gasteiger partial charge in [-0.25, -0.2) is 4.98 Å². The number of aromatic nitrogens is 1. The molecule has 1 aromatic heterocycles. The molecule has 2 rings (SSSR count). The third-order valence-electron chi connectivity index (χ3n) is 2.21. The molecule has 1 heterocycles. The van der Waals surface area contributed by atoms with Crippen LogP contribution in [0.15, 0.2) is 34.9 Å². The van der Waals surface area contributed by atoms with Gasteiger partial charge < -0.3 is 11.1 Å². The van der Waals surface area contributed by atoms with Gasteiger partial charge in [0.25, 0.3) is 0 Å². The number of nitrogens with two attached hydrogens (primary N) is 1. The van der Waals surface area contributed by atoms with E-state index in [2.05, 4.69) is 26.2 Å². The lowest BCUT2D eigenvalue weighted by Crippen LogP contribution is -1.96. The fourth-order valence-electron chi connectivity index (χ4n) is 1.36. The van der Waals surface area contributed by atoms with Crippen LogP contribution in [0.25, 0.3) is 0 Å². The first-order valence-electron chi connectivity index (χ1n) is 4.98. The Bertz CT molecular complexity index is 636. The number of anilines is 3. The highest BCUT2D eigenvalue weighted by Gasteiger charge is 2.05. The Kier molecular flexibility index (Phi) is 3.70. The van der Waals surface area contributed by atoms with Gasteiger partial charge in [0.05, 0.1) is 26.9 Å². The lowest BCUT2D eigenvalue weighted by Gasteiger charge is -2.08. The van der Waals surface area contributed by atoms with Crippen LogP contribution in [0.2, 0.25) is 5.02 Å². The quantitative estimate of drug-likeness (QED) is 0.883. The highest BCUT2D eigenvalue weighted by Crippen LogP contribution is 2.27. The number of benzene rings is 1. The fourth-order valence-corrected chi connectivity index (χ4v) is 2.05. The summed E-state index contributed by atoms with van der Waals surface area (Å²) in [5, 5.41) is 12.3. The number of rotatable bonds is 2. The van der Waals surface area contributed by atoms with Crippen LogP contribution in [0.3, 0.4) is 0 Å². The van der Waals surface area contributed by atoms with Gasteiger partial charge in [-0.1, -0.05) is 11.6 Å². The van der Waals surface area contributed by atoms with Gasteiger partial charge in [0, 0.05) is 5.69 Å². The Morgan fingerprint density at radius 3 is 2.78 bits per heavy atom. The average Bonchev–Trinajstić information content (AvgIpc) is 2.33. The van der Waals surface area contributed by atoms with Crippen LogP contribution in [0.1, 0.15) is 5.56 Å². The van der Waals surface area contributed by atoms with Gasteiger partial charge in [0.1, 0.15) is 11.9 Å². The second-order valence-corrected chi connectivity index (χ2v) is 4.79. The zero-order valence-electron chi connectivity index (χ0n) is 9.11. The second kappa shape index (κ2) is 5.25. The van der Waals surface area contributed by atoms with E-state index < -0.39 is 0 Å². The van der Waals surface area contributed by atoms with Crippen molar-refractivity contribution in [2.75, 3.05) is 11.1 Å². The molecule has 0 bridgehead atoms. The molecule has 1 aromatic carbocycles. The van der Waals surface area contributed by atoms with E-state index in [4.69, 9.17) is 22.6 Å². The lowest BCUT2D eigenvalue weighted by atomic mass is 10.2. The Hall–Kier alpha value is -1.77. The number of nitrogens with one attached hydrogen (secondary N) is 1. The maximum Gasteiger partial charge on any atom is 0.144 e. The Morgan fingerprint density at radius 2 is 2.17 bits per heavy atom. The topological polar surface area (TPSA) is 74.7 Å². The van der Waals surface area contributed by atoms with E-state index in [9.17, 15) is 0 Å². The van der Waals surface area contributed by atoms with E-state index in [1.54, 1.807) is 30.5 Å². The molecule has 90 valence electrons. The molecule has 0 fully saturated rings. The molecule has 0 aliphatic carbocycles. The zero-order valence-corrected chi connectivity index (χ0v) is 11.5. The van der Waals surface area contributed by atoms with Crippen molar-refractivity contribution in [1.82, 2.24) is 4.98 Å². The summed E-state index contributed by atoms with van der Waals surface area (Å²) >= 11 is 9.31. The summed E-state index contributed by atoms with van der Waals surface area (Å²) in [5.74, 6) is 0.630. The van der Waals surface area contributed by atoms with Crippen molar-refractivity contribution in [3.05, 3.63) is 45.5 Å². The molecule has 0 spiro atoms. The van der Waals surface area contributed by atoms with E-state index in [1.165, 1.54) is 0 Å². The molecular formula is C12H8BrClN4. The van der Waals surface area contributed by atoms with Crippen molar-refractivity contribution in [3.8, 4) is 6.07 Å². The fraction of sp³-hybridized carbons (Fsp3) is 0. The zero-order chi connectivity index (χ0) is 13.1. The van der Waals surface area contributed by atoms with Gasteiger partial charge in [0.2, 0.25) is 0 Å². The van der Waals surface area contributed by atoms with Crippen LogP contribution in [-0.4, -0.2) is 4.98 Å². The van der Waals surface area contributed by atoms with Crippen LogP contribution in [0.5, 0.6) is 0 Å². The number of halogens is 2. The molecule has 0 radical (unpaired) electrons. The summed E-state index contributed by atoms with van der Waals surface area (Å²) in [6, 6.07) is 8.83. The van der Waals surface area contributed by atoms with Crippen LogP contribution in [0, 0.1) is 11.3 Å².